The maximum atomic E-state index is 12.1. The monoisotopic (exact) mass is 359 g/mol. The number of nitrogens with zero attached hydrogens (tertiary/aromatic N) is 3. The largest absolute Gasteiger partial charge is 0.497 e. The lowest BCUT2D eigenvalue weighted by atomic mass is 10.1. The van der Waals surface area contributed by atoms with Gasteiger partial charge >= 0.3 is 0 Å². The molecule has 0 aliphatic rings. The highest BCUT2D eigenvalue weighted by Gasteiger charge is 2.06. The molecule has 1 amide bonds. The number of amides is 1. The Bertz CT molecular complexity index is 946. The number of ether oxygens (including phenoxy) is 1. The summed E-state index contributed by atoms with van der Waals surface area (Å²) in [6, 6.07) is 19.7. The van der Waals surface area contributed by atoms with Gasteiger partial charge in [-0.05, 0) is 54.1 Å². The van der Waals surface area contributed by atoms with Crippen LogP contribution < -0.4 is 15.4 Å². The van der Waals surface area contributed by atoms with Crippen LogP contribution >= 0.6 is 0 Å². The fourth-order valence-electron chi connectivity index (χ4n) is 2.36. The molecule has 3 aromatic rings. The van der Waals surface area contributed by atoms with Gasteiger partial charge in [0.1, 0.15) is 5.75 Å². The predicted molar refractivity (Wildman–Crippen MR) is 102 cm³/mol. The van der Waals surface area contributed by atoms with Gasteiger partial charge in [0, 0.05) is 5.69 Å². The fraction of sp³-hybridized carbons (Fsp3) is 0.100. The third-order valence-electron chi connectivity index (χ3n) is 3.74. The van der Waals surface area contributed by atoms with E-state index >= 15 is 0 Å². The van der Waals surface area contributed by atoms with Crippen molar-refractivity contribution in [2.24, 2.45) is 0 Å². The molecule has 134 valence electrons. The molecule has 1 aromatic heterocycles. The lowest BCUT2D eigenvalue weighted by molar-refractivity contribution is -0.115. The van der Waals surface area contributed by atoms with Crippen molar-refractivity contribution in [3.8, 4) is 11.8 Å². The number of benzene rings is 2. The van der Waals surface area contributed by atoms with E-state index in [-0.39, 0.29) is 12.3 Å². The van der Waals surface area contributed by atoms with Crippen LogP contribution in [0.5, 0.6) is 5.75 Å². The van der Waals surface area contributed by atoms with Crippen LogP contribution in [0.3, 0.4) is 0 Å². The Morgan fingerprint density at radius 1 is 1.00 bits per heavy atom. The molecule has 1 heterocycles. The molecular weight excluding hydrogens is 342 g/mol. The summed E-state index contributed by atoms with van der Waals surface area (Å²) in [6.45, 7) is 0. The molecule has 0 bridgehead atoms. The summed E-state index contributed by atoms with van der Waals surface area (Å²) in [5.41, 5.74) is 2.25. The first kappa shape index (κ1) is 17.9. The first-order valence-corrected chi connectivity index (χ1v) is 8.20. The van der Waals surface area contributed by atoms with E-state index in [4.69, 9.17) is 10.00 Å². The minimum atomic E-state index is -0.178. The Morgan fingerprint density at radius 3 is 2.26 bits per heavy atom. The van der Waals surface area contributed by atoms with E-state index in [2.05, 4.69) is 26.9 Å². The van der Waals surface area contributed by atoms with Gasteiger partial charge in [-0.1, -0.05) is 12.1 Å². The molecule has 7 heteroatoms. The molecule has 0 spiro atoms. The van der Waals surface area contributed by atoms with E-state index in [0.29, 0.717) is 17.2 Å². The Balaban J connectivity index is 1.56. The number of hydrogen-bond acceptors (Lipinski definition) is 6. The normalized spacial score (nSPS) is 9.93. The predicted octanol–water partition coefficient (Wildman–Crippen LogP) is 3.28. The van der Waals surface area contributed by atoms with Crippen molar-refractivity contribution in [1.82, 2.24) is 10.2 Å². The fourth-order valence-corrected chi connectivity index (χ4v) is 2.36. The van der Waals surface area contributed by atoms with Crippen molar-refractivity contribution in [1.29, 1.82) is 5.26 Å². The van der Waals surface area contributed by atoms with Crippen molar-refractivity contribution in [3.05, 3.63) is 71.8 Å². The number of methoxy groups -OCH3 is 1. The highest BCUT2D eigenvalue weighted by atomic mass is 16.5. The summed E-state index contributed by atoms with van der Waals surface area (Å²) in [4.78, 5) is 12.1. The summed E-state index contributed by atoms with van der Waals surface area (Å²) in [6.07, 6.45) is 0.233. The van der Waals surface area contributed by atoms with Gasteiger partial charge < -0.3 is 15.4 Å². The minimum Gasteiger partial charge on any atom is -0.497 e. The van der Waals surface area contributed by atoms with Gasteiger partial charge in [-0.25, -0.2) is 0 Å². The zero-order valence-corrected chi connectivity index (χ0v) is 14.6. The molecule has 7 nitrogen and oxygen atoms in total. The summed E-state index contributed by atoms with van der Waals surface area (Å²) >= 11 is 0. The molecule has 2 aromatic carbocycles. The highest BCUT2D eigenvalue weighted by Crippen LogP contribution is 2.16. The SMILES string of the molecule is COc1ccc(CC(=O)Nc2ccc(Nc3ccc(C#N)cc3)nn2)cc1. The number of nitriles is 1. The highest BCUT2D eigenvalue weighted by molar-refractivity contribution is 5.91. The number of carbonyl (C=O) groups is 1. The maximum absolute atomic E-state index is 12.1. The molecule has 0 aliphatic carbocycles. The van der Waals surface area contributed by atoms with Gasteiger partial charge in [0.25, 0.3) is 0 Å². The molecule has 0 radical (unpaired) electrons. The zero-order valence-electron chi connectivity index (χ0n) is 14.6. The maximum Gasteiger partial charge on any atom is 0.229 e. The van der Waals surface area contributed by atoms with Crippen molar-refractivity contribution in [3.63, 3.8) is 0 Å². The van der Waals surface area contributed by atoms with E-state index < -0.39 is 0 Å². The van der Waals surface area contributed by atoms with Crippen LogP contribution in [0.1, 0.15) is 11.1 Å². The lowest BCUT2D eigenvalue weighted by Crippen LogP contribution is -2.15. The quantitative estimate of drug-likeness (QED) is 0.700. The Labute approximate surface area is 156 Å². The molecular formula is C20H17N5O2. The number of nitrogens with one attached hydrogen (secondary N) is 2. The van der Waals surface area contributed by atoms with Crippen molar-refractivity contribution in [2.75, 3.05) is 17.7 Å². The minimum absolute atomic E-state index is 0.178. The van der Waals surface area contributed by atoms with E-state index in [1.54, 1.807) is 43.5 Å². The van der Waals surface area contributed by atoms with Crippen LogP contribution in [0.2, 0.25) is 0 Å². The third-order valence-corrected chi connectivity index (χ3v) is 3.74. The molecule has 0 fully saturated rings. The third kappa shape index (κ3) is 5.03. The number of hydrogen-bond donors (Lipinski definition) is 2. The zero-order chi connectivity index (χ0) is 19.1. The van der Waals surface area contributed by atoms with Gasteiger partial charge in [0.05, 0.1) is 25.2 Å². The number of carbonyl (C=O) groups excluding carboxylic acids is 1. The van der Waals surface area contributed by atoms with Crippen LogP contribution in [0.4, 0.5) is 17.3 Å². The summed E-state index contributed by atoms with van der Waals surface area (Å²) in [5.74, 6) is 1.48. The van der Waals surface area contributed by atoms with Gasteiger partial charge in [-0.15, -0.1) is 10.2 Å². The number of aromatic nitrogens is 2. The average Bonchev–Trinajstić information content (AvgIpc) is 2.70. The van der Waals surface area contributed by atoms with Crippen molar-refractivity contribution >= 4 is 23.2 Å². The van der Waals surface area contributed by atoms with Crippen LogP contribution in [0, 0.1) is 11.3 Å². The van der Waals surface area contributed by atoms with E-state index in [1.807, 2.05) is 24.3 Å². The second-order valence-corrected chi connectivity index (χ2v) is 5.69. The molecule has 2 N–H and O–H groups in total. The molecule has 0 unspecified atom stereocenters. The summed E-state index contributed by atoms with van der Waals surface area (Å²) in [5, 5.41) is 22.6. The van der Waals surface area contributed by atoms with E-state index in [9.17, 15) is 4.79 Å². The van der Waals surface area contributed by atoms with Crippen molar-refractivity contribution < 1.29 is 9.53 Å². The molecule has 3 rings (SSSR count). The smallest absolute Gasteiger partial charge is 0.229 e. The average molecular weight is 359 g/mol. The first-order valence-electron chi connectivity index (χ1n) is 8.20. The second kappa shape index (κ2) is 8.45. The molecule has 0 saturated carbocycles. The topological polar surface area (TPSA) is 99.9 Å². The first-order chi connectivity index (χ1) is 13.2. The van der Waals surface area contributed by atoms with Crippen LogP contribution in [-0.2, 0) is 11.2 Å². The van der Waals surface area contributed by atoms with Crippen molar-refractivity contribution in [2.45, 2.75) is 6.42 Å². The molecule has 0 saturated heterocycles. The Morgan fingerprint density at radius 2 is 1.67 bits per heavy atom. The van der Waals surface area contributed by atoms with Gasteiger partial charge in [0.15, 0.2) is 11.6 Å². The lowest BCUT2D eigenvalue weighted by Gasteiger charge is -2.07. The molecule has 27 heavy (non-hydrogen) atoms. The standard InChI is InChI=1S/C20H17N5O2/c1-27-17-8-4-14(5-9-17)12-20(26)23-19-11-10-18(24-25-19)22-16-6-2-15(13-21)3-7-16/h2-11H,12H2,1H3,(H,22,24)(H,23,25,26). The Kier molecular flexibility index (Phi) is 5.60. The van der Waals surface area contributed by atoms with Crippen LogP contribution in [0.15, 0.2) is 60.7 Å². The second-order valence-electron chi connectivity index (χ2n) is 5.69. The van der Waals surface area contributed by atoms with Gasteiger partial charge in [-0.3, -0.25) is 4.79 Å². The molecule has 0 aliphatic heterocycles. The van der Waals surface area contributed by atoms with Crippen LogP contribution in [0.25, 0.3) is 0 Å². The number of anilines is 3. The van der Waals surface area contributed by atoms with Gasteiger partial charge in [-0.2, -0.15) is 5.26 Å². The van der Waals surface area contributed by atoms with Crippen LogP contribution in [-0.4, -0.2) is 23.2 Å². The Hall–Kier alpha value is -3.92. The number of rotatable bonds is 6. The van der Waals surface area contributed by atoms with Gasteiger partial charge in [0.2, 0.25) is 5.91 Å². The summed E-state index contributed by atoms with van der Waals surface area (Å²) in [7, 11) is 1.60. The summed E-state index contributed by atoms with van der Waals surface area (Å²) < 4.78 is 5.10. The molecule has 0 atom stereocenters. The van der Waals surface area contributed by atoms with E-state index in [1.165, 1.54) is 0 Å². The van der Waals surface area contributed by atoms with E-state index in [0.717, 1.165) is 17.0 Å².